The highest BCUT2D eigenvalue weighted by molar-refractivity contribution is 9.10. The van der Waals surface area contributed by atoms with Crippen LogP contribution in [0, 0.1) is 0 Å². The highest BCUT2D eigenvalue weighted by atomic mass is 79.9. The lowest BCUT2D eigenvalue weighted by molar-refractivity contribution is 0.372. The lowest BCUT2D eigenvalue weighted by Gasteiger charge is -2.06. The maximum atomic E-state index is 9.72. The number of halogens is 3. The second kappa shape index (κ2) is 7.02. The number of nitrogens with zero attached hydrogens (tertiary/aromatic N) is 1. The fourth-order valence-electron chi connectivity index (χ4n) is 1.57. The van der Waals surface area contributed by atoms with Crippen LogP contribution in [0.25, 0.3) is 0 Å². The number of phenols is 1. The maximum Gasteiger partial charge on any atom is 0.172 e. The summed E-state index contributed by atoms with van der Waals surface area (Å²) in [6, 6.07) is 8.51. The molecule has 2 aromatic carbocycles. The summed E-state index contributed by atoms with van der Waals surface area (Å²) < 4.78 is 5.59. The van der Waals surface area contributed by atoms with Crippen LogP contribution in [-0.2, 0) is 0 Å². The summed E-state index contributed by atoms with van der Waals surface area (Å²) in [7, 11) is 1.48. The average Bonchev–Trinajstić information content (AvgIpc) is 2.46. The van der Waals surface area contributed by atoms with E-state index >= 15 is 0 Å². The molecule has 0 aliphatic heterocycles. The standard InChI is InChI=1S/C14H11BrCl2N2O2/c1-21-13-5-8(4-10(15)14(13)20)7-18-19-9-2-3-11(16)12(17)6-9/h2-7,19-20H,1H3. The number of methoxy groups -OCH3 is 1. The lowest BCUT2D eigenvalue weighted by Crippen LogP contribution is -1.92. The van der Waals surface area contributed by atoms with Crippen molar-refractivity contribution in [3.8, 4) is 11.5 Å². The van der Waals surface area contributed by atoms with E-state index in [0.717, 1.165) is 5.56 Å². The topological polar surface area (TPSA) is 53.8 Å². The first-order chi connectivity index (χ1) is 10.0. The van der Waals surface area contributed by atoms with Gasteiger partial charge in [0.2, 0.25) is 0 Å². The molecule has 0 atom stereocenters. The van der Waals surface area contributed by atoms with Crippen molar-refractivity contribution in [2.45, 2.75) is 0 Å². The fraction of sp³-hybridized carbons (Fsp3) is 0.0714. The summed E-state index contributed by atoms with van der Waals surface area (Å²) in [5, 5.41) is 14.8. The molecule has 0 aromatic heterocycles. The molecule has 4 nitrogen and oxygen atoms in total. The normalized spacial score (nSPS) is 10.9. The molecular weight excluding hydrogens is 379 g/mol. The fourth-order valence-corrected chi connectivity index (χ4v) is 2.33. The Morgan fingerprint density at radius 1 is 1.24 bits per heavy atom. The largest absolute Gasteiger partial charge is 0.503 e. The smallest absolute Gasteiger partial charge is 0.172 e. The molecule has 0 spiro atoms. The number of rotatable bonds is 4. The quantitative estimate of drug-likeness (QED) is 0.576. The second-order valence-electron chi connectivity index (χ2n) is 4.05. The van der Waals surface area contributed by atoms with Gasteiger partial charge in [-0.2, -0.15) is 5.10 Å². The van der Waals surface area contributed by atoms with E-state index in [1.807, 2.05) is 0 Å². The van der Waals surface area contributed by atoms with E-state index < -0.39 is 0 Å². The zero-order valence-electron chi connectivity index (χ0n) is 10.9. The molecule has 2 rings (SSSR count). The van der Waals surface area contributed by atoms with Crippen molar-refractivity contribution >= 4 is 51.0 Å². The van der Waals surface area contributed by atoms with E-state index in [9.17, 15) is 5.11 Å². The summed E-state index contributed by atoms with van der Waals surface area (Å²) >= 11 is 15.0. The number of phenolic OH excluding ortho intramolecular Hbond substituents is 1. The van der Waals surface area contributed by atoms with Crippen molar-refractivity contribution in [3.05, 3.63) is 50.4 Å². The molecule has 0 saturated heterocycles. The first-order valence-electron chi connectivity index (χ1n) is 5.82. The van der Waals surface area contributed by atoms with Crippen LogP contribution in [0.15, 0.2) is 39.9 Å². The van der Waals surface area contributed by atoms with Crippen LogP contribution in [0.4, 0.5) is 5.69 Å². The van der Waals surface area contributed by atoms with Crippen LogP contribution >= 0.6 is 39.1 Å². The molecule has 0 bridgehead atoms. The lowest BCUT2D eigenvalue weighted by atomic mass is 10.2. The number of benzene rings is 2. The predicted octanol–water partition coefficient (Wildman–Crippen LogP) is 4.92. The Morgan fingerprint density at radius 2 is 2.00 bits per heavy atom. The second-order valence-corrected chi connectivity index (χ2v) is 5.72. The number of ether oxygens (including phenoxy) is 1. The van der Waals surface area contributed by atoms with Gasteiger partial charge in [0.25, 0.3) is 0 Å². The molecule has 2 aromatic rings. The number of anilines is 1. The van der Waals surface area contributed by atoms with Crippen LogP contribution in [0.3, 0.4) is 0 Å². The van der Waals surface area contributed by atoms with Crippen molar-refractivity contribution in [1.82, 2.24) is 0 Å². The maximum absolute atomic E-state index is 9.72. The van der Waals surface area contributed by atoms with Gasteiger partial charge in [0, 0.05) is 0 Å². The molecule has 21 heavy (non-hydrogen) atoms. The summed E-state index contributed by atoms with van der Waals surface area (Å²) in [6.07, 6.45) is 1.59. The van der Waals surface area contributed by atoms with Gasteiger partial charge in [-0.25, -0.2) is 0 Å². The van der Waals surface area contributed by atoms with Gasteiger partial charge in [0.05, 0.1) is 33.5 Å². The highest BCUT2D eigenvalue weighted by Crippen LogP contribution is 2.34. The Hall–Kier alpha value is -1.43. The minimum Gasteiger partial charge on any atom is -0.503 e. The van der Waals surface area contributed by atoms with Crippen LogP contribution in [0.2, 0.25) is 10.0 Å². The van der Waals surface area contributed by atoms with Gasteiger partial charge in [-0.15, -0.1) is 0 Å². The molecular formula is C14H11BrCl2N2O2. The van der Waals surface area contributed by atoms with Crippen molar-refractivity contribution in [1.29, 1.82) is 0 Å². The number of hydrogen-bond donors (Lipinski definition) is 2. The van der Waals surface area contributed by atoms with E-state index in [0.29, 0.717) is 26.0 Å². The SMILES string of the molecule is COc1cc(C=NNc2ccc(Cl)c(Cl)c2)cc(Br)c1O. The third kappa shape index (κ3) is 4.03. The van der Waals surface area contributed by atoms with Gasteiger partial charge in [-0.3, -0.25) is 5.43 Å². The van der Waals surface area contributed by atoms with E-state index in [1.54, 1.807) is 36.5 Å². The van der Waals surface area contributed by atoms with Gasteiger partial charge >= 0.3 is 0 Å². The van der Waals surface area contributed by atoms with Gasteiger partial charge in [0.15, 0.2) is 11.5 Å². The predicted molar refractivity (Wildman–Crippen MR) is 90.0 cm³/mol. The van der Waals surface area contributed by atoms with E-state index in [2.05, 4.69) is 26.5 Å². The van der Waals surface area contributed by atoms with Gasteiger partial charge in [0.1, 0.15) is 0 Å². The molecule has 7 heteroatoms. The van der Waals surface area contributed by atoms with Crippen molar-refractivity contribution in [2.75, 3.05) is 12.5 Å². The minimum absolute atomic E-state index is 0.0482. The molecule has 0 unspecified atom stereocenters. The summed E-state index contributed by atoms with van der Waals surface area (Å²) in [5.41, 5.74) is 4.31. The van der Waals surface area contributed by atoms with Crippen molar-refractivity contribution in [3.63, 3.8) is 0 Å². The molecule has 0 aliphatic rings. The average molecular weight is 390 g/mol. The first kappa shape index (κ1) is 15.9. The molecule has 110 valence electrons. The summed E-state index contributed by atoms with van der Waals surface area (Å²) in [4.78, 5) is 0. The number of hydrogen-bond acceptors (Lipinski definition) is 4. The number of aromatic hydroxyl groups is 1. The number of nitrogens with one attached hydrogen (secondary N) is 1. The summed E-state index contributed by atoms with van der Waals surface area (Å²) in [5.74, 6) is 0.410. The minimum atomic E-state index is 0.0482. The van der Waals surface area contributed by atoms with E-state index in [4.69, 9.17) is 27.9 Å². The number of hydrazone groups is 1. The van der Waals surface area contributed by atoms with Crippen LogP contribution in [0.5, 0.6) is 11.5 Å². The highest BCUT2D eigenvalue weighted by Gasteiger charge is 2.07. The molecule has 0 heterocycles. The Bertz CT molecular complexity index is 693. The molecule has 0 radical (unpaired) electrons. The van der Waals surface area contributed by atoms with Gasteiger partial charge in [-0.1, -0.05) is 23.2 Å². The van der Waals surface area contributed by atoms with Crippen LogP contribution in [0.1, 0.15) is 5.56 Å². The third-order valence-corrected chi connectivity index (χ3v) is 3.94. The zero-order chi connectivity index (χ0) is 15.4. The monoisotopic (exact) mass is 388 g/mol. The molecule has 0 amide bonds. The zero-order valence-corrected chi connectivity index (χ0v) is 14.0. The molecule has 0 fully saturated rings. The molecule has 0 aliphatic carbocycles. The van der Waals surface area contributed by atoms with E-state index in [1.165, 1.54) is 7.11 Å². The Balaban J connectivity index is 2.14. The van der Waals surface area contributed by atoms with Crippen LogP contribution < -0.4 is 10.2 Å². The molecule has 2 N–H and O–H groups in total. The molecule has 0 saturated carbocycles. The van der Waals surface area contributed by atoms with E-state index in [-0.39, 0.29) is 5.75 Å². The third-order valence-electron chi connectivity index (χ3n) is 2.60. The Kier molecular flexibility index (Phi) is 5.33. The Morgan fingerprint density at radius 3 is 2.67 bits per heavy atom. The van der Waals surface area contributed by atoms with Crippen molar-refractivity contribution < 1.29 is 9.84 Å². The first-order valence-corrected chi connectivity index (χ1v) is 7.37. The summed E-state index contributed by atoms with van der Waals surface area (Å²) in [6.45, 7) is 0. The van der Waals surface area contributed by atoms with Crippen LogP contribution in [-0.4, -0.2) is 18.4 Å². The van der Waals surface area contributed by atoms with Crippen molar-refractivity contribution in [2.24, 2.45) is 5.10 Å². The van der Waals surface area contributed by atoms with Gasteiger partial charge < -0.3 is 9.84 Å². The Labute approximate surface area is 140 Å². The van der Waals surface area contributed by atoms with Gasteiger partial charge in [-0.05, 0) is 51.8 Å².